The average molecular weight is 355 g/mol. The smallest absolute Gasteiger partial charge is 0.270 e. The van der Waals surface area contributed by atoms with Crippen molar-refractivity contribution in [2.24, 2.45) is 0 Å². The third-order valence-corrected chi connectivity index (χ3v) is 5.29. The summed E-state index contributed by atoms with van der Waals surface area (Å²) in [7, 11) is 1.62. The number of aromatic nitrogens is 4. The molecule has 25 heavy (non-hydrogen) atoms. The van der Waals surface area contributed by atoms with Crippen molar-refractivity contribution in [3.05, 3.63) is 57.3 Å². The van der Waals surface area contributed by atoms with Gasteiger partial charge in [0.1, 0.15) is 9.88 Å². The SMILES string of the molecule is COCc1nc(C)c(C(=O)N2Cc3cnnn3Cc3ccccc32)s1. The molecule has 2 aromatic heterocycles. The van der Waals surface area contributed by atoms with Crippen LogP contribution in [0.15, 0.2) is 30.5 Å². The third kappa shape index (κ3) is 2.83. The van der Waals surface area contributed by atoms with E-state index in [2.05, 4.69) is 15.3 Å². The van der Waals surface area contributed by atoms with Crippen LogP contribution in [0.25, 0.3) is 0 Å². The van der Waals surface area contributed by atoms with Crippen molar-refractivity contribution in [3.8, 4) is 0 Å². The van der Waals surface area contributed by atoms with Crippen LogP contribution in [0.5, 0.6) is 0 Å². The highest BCUT2D eigenvalue weighted by Gasteiger charge is 2.28. The van der Waals surface area contributed by atoms with Gasteiger partial charge in [-0.2, -0.15) is 0 Å². The van der Waals surface area contributed by atoms with Gasteiger partial charge in [-0.05, 0) is 18.6 Å². The number of thiazole rings is 1. The Morgan fingerprint density at radius 3 is 3.00 bits per heavy atom. The lowest BCUT2D eigenvalue weighted by Crippen LogP contribution is -2.30. The van der Waals surface area contributed by atoms with Crippen LogP contribution in [-0.2, 0) is 24.4 Å². The molecule has 0 atom stereocenters. The molecule has 4 rings (SSSR count). The fourth-order valence-electron chi connectivity index (χ4n) is 2.99. The lowest BCUT2D eigenvalue weighted by Gasteiger charge is -2.22. The van der Waals surface area contributed by atoms with Gasteiger partial charge >= 0.3 is 0 Å². The van der Waals surface area contributed by atoms with Gasteiger partial charge in [0.05, 0.1) is 37.3 Å². The Kier molecular flexibility index (Phi) is 4.06. The number of carbonyl (C=O) groups excluding carboxylic acids is 1. The van der Waals surface area contributed by atoms with Crippen LogP contribution in [0.4, 0.5) is 5.69 Å². The molecular formula is C17H17N5O2S. The van der Waals surface area contributed by atoms with E-state index in [4.69, 9.17) is 4.74 Å². The van der Waals surface area contributed by atoms with Gasteiger partial charge in [-0.15, -0.1) is 16.4 Å². The number of hydrogen-bond donors (Lipinski definition) is 0. The number of anilines is 1. The van der Waals surface area contributed by atoms with E-state index in [9.17, 15) is 4.79 Å². The van der Waals surface area contributed by atoms with Gasteiger partial charge < -0.3 is 9.64 Å². The first-order chi connectivity index (χ1) is 12.2. The Bertz CT molecular complexity index is 933. The maximum atomic E-state index is 13.3. The van der Waals surface area contributed by atoms with Crippen LogP contribution in [-0.4, -0.2) is 33.0 Å². The molecule has 1 aromatic carbocycles. The van der Waals surface area contributed by atoms with Crippen molar-refractivity contribution in [2.45, 2.75) is 26.6 Å². The second-order valence-electron chi connectivity index (χ2n) is 5.86. The zero-order valence-electron chi connectivity index (χ0n) is 14.0. The molecule has 0 fully saturated rings. The van der Waals surface area contributed by atoms with E-state index in [1.54, 1.807) is 18.2 Å². The van der Waals surface area contributed by atoms with Crippen molar-refractivity contribution in [2.75, 3.05) is 12.0 Å². The Hall–Kier alpha value is -2.58. The summed E-state index contributed by atoms with van der Waals surface area (Å²) in [6.45, 7) is 3.30. The summed E-state index contributed by atoms with van der Waals surface area (Å²) in [5, 5.41) is 8.91. The van der Waals surface area contributed by atoms with Gasteiger partial charge in [0.15, 0.2) is 0 Å². The average Bonchev–Trinajstić information content (AvgIpc) is 3.16. The maximum Gasteiger partial charge on any atom is 0.270 e. The third-order valence-electron chi connectivity index (χ3n) is 4.17. The van der Waals surface area contributed by atoms with Crippen LogP contribution >= 0.6 is 11.3 Å². The van der Waals surface area contributed by atoms with E-state index in [0.717, 1.165) is 27.6 Å². The minimum Gasteiger partial charge on any atom is -0.378 e. The number of amides is 1. The molecule has 7 nitrogen and oxygen atoms in total. The molecule has 3 heterocycles. The van der Waals surface area contributed by atoms with Crippen LogP contribution in [0.3, 0.4) is 0 Å². The normalized spacial score (nSPS) is 13.3. The van der Waals surface area contributed by atoms with Gasteiger partial charge in [-0.3, -0.25) is 4.79 Å². The monoisotopic (exact) mass is 355 g/mol. The molecule has 3 aromatic rings. The van der Waals surface area contributed by atoms with Crippen LogP contribution in [0.1, 0.15) is 31.6 Å². The summed E-state index contributed by atoms with van der Waals surface area (Å²) >= 11 is 1.39. The quantitative estimate of drug-likeness (QED) is 0.721. The van der Waals surface area contributed by atoms with E-state index in [1.165, 1.54) is 11.3 Å². The van der Waals surface area contributed by atoms with E-state index < -0.39 is 0 Å². The Balaban J connectivity index is 1.77. The summed E-state index contributed by atoms with van der Waals surface area (Å²) in [5.41, 5.74) is 3.58. The van der Waals surface area contributed by atoms with Crippen molar-refractivity contribution in [1.82, 2.24) is 20.0 Å². The summed E-state index contributed by atoms with van der Waals surface area (Å²) in [4.78, 5) is 20.2. The van der Waals surface area contributed by atoms with Crippen molar-refractivity contribution in [3.63, 3.8) is 0 Å². The lowest BCUT2D eigenvalue weighted by molar-refractivity contribution is 0.0988. The molecule has 0 spiro atoms. The van der Waals surface area contributed by atoms with Gasteiger partial charge in [0, 0.05) is 12.8 Å². The van der Waals surface area contributed by atoms with Crippen molar-refractivity contribution >= 4 is 22.9 Å². The first-order valence-corrected chi connectivity index (χ1v) is 8.71. The molecule has 0 bridgehead atoms. The summed E-state index contributed by atoms with van der Waals surface area (Å²) < 4.78 is 6.97. The second kappa shape index (κ2) is 6.38. The number of nitrogens with zero attached hydrogens (tertiary/aromatic N) is 5. The molecule has 0 radical (unpaired) electrons. The number of benzene rings is 1. The molecule has 0 aliphatic carbocycles. The first-order valence-electron chi connectivity index (χ1n) is 7.89. The highest BCUT2D eigenvalue weighted by atomic mass is 32.1. The minimum absolute atomic E-state index is 0.0561. The number of fused-ring (bicyclic) bond motifs is 2. The van der Waals surface area contributed by atoms with E-state index >= 15 is 0 Å². The Morgan fingerprint density at radius 1 is 1.32 bits per heavy atom. The Morgan fingerprint density at radius 2 is 2.16 bits per heavy atom. The number of hydrogen-bond acceptors (Lipinski definition) is 6. The summed E-state index contributed by atoms with van der Waals surface area (Å²) in [5.74, 6) is -0.0561. The van der Waals surface area contributed by atoms with E-state index in [1.807, 2.05) is 35.9 Å². The molecule has 1 aliphatic rings. The van der Waals surface area contributed by atoms with E-state index in [0.29, 0.717) is 24.6 Å². The van der Waals surface area contributed by atoms with Gasteiger partial charge in [0.2, 0.25) is 0 Å². The highest BCUT2D eigenvalue weighted by Crippen LogP contribution is 2.30. The largest absolute Gasteiger partial charge is 0.378 e. The Labute approximate surface area is 148 Å². The zero-order chi connectivity index (χ0) is 17.4. The molecule has 0 saturated heterocycles. The van der Waals surface area contributed by atoms with Crippen LogP contribution in [0.2, 0.25) is 0 Å². The van der Waals surface area contributed by atoms with Gasteiger partial charge in [-0.1, -0.05) is 23.4 Å². The fourth-order valence-corrected chi connectivity index (χ4v) is 3.98. The zero-order valence-corrected chi connectivity index (χ0v) is 14.8. The van der Waals surface area contributed by atoms with Crippen LogP contribution < -0.4 is 4.90 Å². The molecular weight excluding hydrogens is 338 g/mol. The van der Waals surface area contributed by atoms with Crippen LogP contribution in [0, 0.1) is 6.92 Å². The first kappa shape index (κ1) is 15.9. The topological polar surface area (TPSA) is 73.1 Å². The number of para-hydroxylation sites is 1. The predicted octanol–water partition coefficient (Wildman–Crippen LogP) is 2.40. The molecule has 0 saturated carbocycles. The number of carbonyl (C=O) groups is 1. The fraction of sp³-hybridized carbons (Fsp3) is 0.294. The van der Waals surface area contributed by atoms with Crippen molar-refractivity contribution in [1.29, 1.82) is 0 Å². The number of aryl methyl sites for hydroxylation is 1. The minimum atomic E-state index is -0.0561. The maximum absolute atomic E-state index is 13.3. The number of rotatable bonds is 3. The number of ether oxygens (including phenoxy) is 1. The summed E-state index contributed by atoms with van der Waals surface area (Å²) in [6.07, 6.45) is 1.71. The predicted molar refractivity (Wildman–Crippen MR) is 93.6 cm³/mol. The van der Waals surface area contributed by atoms with Crippen molar-refractivity contribution < 1.29 is 9.53 Å². The molecule has 1 aliphatic heterocycles. The highest BCUT2D eigenvalue weighted by molar-refractivity contribution is 7.13. The van der Waals surface area contributed by atoms with E-state index in [-0.39, 0.29) is 5.91 Å². The molecule has 1 amide bonds. The molecule has 128 valence electrons. The number of methoxy groups -OCH3 is 1. The molecule has 0 unspecified atom stereocenters. The van der Waals surface area contributed by atoms with Gasteiger partial charge in [-0.25, -0.2) is 9.67 Å². The molecule has 0 N–H and O–H groups in total. The second-order valence-corrected chi connectivity index (χ2v) is 6.94. The lowest BCUT2D eigenvalue weighted by atomic mass is 10.1. The van der Waals surface area contributed by atoms with Gasteiger partial charge in [0.25, 0.3) is 5.91 Å². The molecule has 8 heteroatoms. The summed E-state index contributed by atoms with van der Waals surface area (Å²) in [6, 6.07) is 7.90. The standard InChI is InChI=1S/C17H17N5O2S/c1-11-16(25-15(19-11)10-24-2)17(23)21-9-13-7-18-20-22(13)8-12-5-3-4-6-14(12)21/h3-7H,8-10H2,1-2H3.